The molecular formula is C23H28N4O3. The molecule has 2 aromatic carbocycles. The number of nitrogens with one attached hydrogen (secondary N) is 2. The fourth-order valence-electron chi connectivity index (χ4n) is 3.54. The Morgan fingerprint density at radius 3 is 2.60 bits per heavy atom. The second-order valence-electron chi connectivity index (χ2n) is 7.78. The van der Waals surface area contributed by atoms with Crippen LogP contribution in [0.4, 0.5) is 17.1 Å². The molecule has 2 N–H and O–H groups in total. The topological polar surface area (TPSA) is 81.8 Å². The summed E-state index contributed by atoms with van der Waals surface area (Å²) in [5.74, 6) is -0.463. The Kier molecular flexibility index (Phi) is 6.52. The van der Waals surface area contributed by atoms with Crippen LogP contribution in [0.25, 0.3) is 0 Å². The highest BCUT2D eigenvalue weighted by Gasteiger charge is 2.31. The molecule has 0 unspecified atom stereocenters. The molecule has 0 saturated heterocycles. The summed E-state index contributed by atoms with van der Waals surface area (Å²) in [7, 11) is 1.75. The van der Waals surface area contributed by atoms with Gasteiger partial charge in [0.25, 0.3) is 0 Å². The van der Waals surface area contributed by atoms with Crippen molar-refractivity contribution < 1.29 is 14.4 Å². The van der Waals surface area contributed by atoms with Crippen molar-refractivity contribution >= 4 is 34.8 Å². The number of anilines is 3. The first-order valence-corrected chi connectivity index (χ1v) is 10.1. The number of carbonyl (C=O) groups is 3. The van der Waals surface area contributed by atoms with Crippen molar-refractivity contribution in [3.8, 4) is 0 Å². The van der Waals surface area contributed by atoms with E-state index in [2.05, 4.69) is 10.6 Å². The Bertz CT molecular complexity index is 959. The van der Waals surface area contributed by atoms with Crippen molar-refractivity contribution in [1.29, 1.82) is 0 Å². The van der Waals surface area contributed by atoms with Crippen LogP contribution in [0.15, 0.2) is 48.5 Å². The zero-order chi connectivity index (χ0) is 21.8. The van der Waals surface area contributed by atoms with E-state index in [1.807, 2.05) is 56.3 Å². The molecule has 7 nitrogen and oxygen atoms in total. The Hall–Kier alpha value is -3.19. The van der Waals surface area contributed by atoms with Crippen LogP contribution < -0.4 is 15.5 Å². The first-order chi connectivity index (χ1) is 14.3. The van der Waals surface area contributed by atoms with E-state index in [4.69, 9.17) is 0 Å². The Morgan fingerprint density at radius 1 is 1.20 bits per heavy atom. The molecule has 0 bridgehead atoms. The number of aryl methyl sites for hydroxylation is 1. The van der Waals surface area contributed by atoms with Gasteiger partial charge in [-0.25, -0.2) is 0 Å². The maximum atomic E-state index is 13.2. The highest BCUT2D eigenvalue weighted by molar-refractivity contribution is 6.05. The summed E-state index contributed by atoms with van der Waals surface area (Å²) in [6, 6.07) is 14.0. The molecular weight excluding hydrogens is 380 g/mol. The number of amides is 3. The molecule has 30 heavy (non-hydrogen) atoms. The van der Waals surface area contributed by atoms with Gasteiger partial charge in [-0.2, -0.15) is 0 Å². The molecule has 158 valence electrons. The van der Waals surface area contributed by atoms with Gasteiger partial charge < -0.3 is 15.5 Å². The van der Waals surface area contributed by atoms with Gasteiger partial charge in [0.15, 0.2) is 0 Å². The van der Waals surface area contributed by atoms with E-state index in [0.717, 1.165) is 11.3 Å². The third kappa shape index (κ3) is 4.68. The van der Waals surface area contributed by atoms with Crippen LogP contribution in [-0.2, 0) is 14.4 Å². The normalized spacial score (nSPS) is 17.0. The lowest BCUT2D eigenvalue weighted by molar-refractivity contribution is -0.123. The summed E-state index contributed by atoms with van der Waals surface area (Å²) in [6.45, 7) is 5.61. The number of rotatable bonds is 5. The highest BCUT2D eigenvalue weighted by Crippen LogP contribution is 2.31. The van der Waals surface area contributed by atoms with Crippen molar-refractivity contribution in [2.75, 3.05) is 29.1 Å². The SMILES string of the molecule is Cc1ccccc1NC(=O)[C@H](C)N(C)CC(=O)N1c2ccccc2NC(=O)C[C@H]1C. The van der Waals surface area contributed by atoms with Gasteiger partial charge in [0, 0.05) is 18.2 Å². The fourth-order valence-corrected chi connectivity index (χ4v) is 3.54. The lowest BCUT2D eigenvalue weighted by Crippen LogP contribution is -2.48. The van der Waals surface area contributed by atoms with Crippen LogP contribution in [0.2, 0.25) is 0 Å². The average molecular weight is 409 g/mol. The summed E-state index contributed by atoms with van der Waals surface area (Å²) >= 11 is 0. The zero-order valence-corrected chi connectivity index (χ0v) is 17.8. The minimum absolute atomic E-state index is 0.0508. The van der Waals surface area contributed by atoms with Crippen molar-refractivity contribution in [1.82, 2.24) is 4.90 Å². The van der Waals surface area contributed by atoms with Crippen molar-refractivity contribution in [2.24, 2.45) is 0 Å². The van der Waals surface area contributed by atoms with Crippen molar-refractivity contribution in [3.63, 3.8) is 0 Å². The van der Waals surface area contributed by atoms with Gasteiger partial charge in [0.2, 0.25) is 17.7 Å². The van der Waals surface area contributed by atoms with Gasteiger partial charge >= 0.3 is 0 Å². The second-order valence-corrected chi connectivity index (χ2v) is 7.78. The Labute approximate surface area is 177 Å². The van der Waals surface area contributed by atoms with Crippen LogP contribution in [-0.4, -0.2) is 48.3 Å². The van der Waals surface area contributed by atoms with Gasteiger partial charge in [0.05, 0.1) is 24.0 Å². The average Bonchev–Trinajstić information content (AvgIpc) is 2.83. The van der Waals surface area contributed by atoms with E-state index in [1.54, 1.807) is 29.8 Å². The monoisotopic (exact) mass is 408 g/mol. The lowest BCUT2D eigenvalue weighted by Gasteiger charge is -2.31. The summed E-state index contributed by atoms with van der Waals surface area (Å²) < 4.78 is 0. The van der Waals surface area contributed by atoms with E-state index in [1.165, 1.54) is 0 Å². The van der Waals surface area contributed by atoms with E-state index >= 15 is 0 Å². The molecule has 1 heterocycles. The number of carbonyl (C=O) groups excluding carboxylic acids is 3. The minimum Gasteiger partial charge on any atom is -0.324 e. The number of benzene rings is 2. The number of nitrogens with zero attached hydrogens (tertiary/aromatic N) is 2. The number of hydrogen-bond donors (Lipinski definition) is 2. The predicted octanol–water partition coefficient (Wildman–Crippen LogP) is 3.02. The fraction of sp³-hybridized carbons (Fsp3) is 0.348. The van der Waals surface area contributed by atoms with Crippen LogP contribution in [0, 0.1) is 6.92 Å². The summed E-state index contributed by atoms with van der Waals surface area (Å²) in [6.07, 6.45) is 0.216. The van der Waals surface area contributed by atoms with Crippen LogP contribution >= 0.6 is 0 Å². The first kappa shape index (κ1) is 21.5. The molecule has 0 fully saturated rings. The molecule has 3 amide bonds. The van der Waals surface area contributed by atoms with Gasteiger partial charge in [-0.3, -0.25) is 19.3 Å². The Morgan fingerprint density at radius 2 is 1.87 bits per heavy atom. The van der Waals surface area contributed by atoms with Crippen LogP contribution in [0.1, 0.15) is 25.8 Å². The number of hydrogen-bond acceptors (Lipinski definition) is 4. The molecule has 3 rings (SSSR count). The second kappa shape index (κ2) is 9.09. The minimum atomic E-state index is -0.508. The summed E-state index contributed by atoms with van der Waals surface area (Å²) in [5.41, 5.74) is 3.03. The quantitative estimate of drug-likeness (QED) is 0.797. The number of para-hydroxylation sites is 3. The largest absolute Gasteiger partial charge is 0.324 e. The highest BCUT2D eigenvalue weighted by atomic mass is 16.2. The predicted molar refractivity (Wildman–Crippen MR) is 119 cm³/mol. The lowest BCUT2D eigenvalue weighted by atomic mass is 10.1. The van der Waals surface area contributed by atoms with E-state index in [9.17, 15) is 14.4 Å². The van der Waals surface area contributed by atoms with Crippen molar-refractivity contribution in [3.05, 3.63) is 54.1 Å². The number of fused-ring (bicyclic) bond motifs is 1. The van der Waals surface area contributed by atoms with Gasteiger partial charge in [-0.15, -0.1) is 0 Å². The first-order valence-electron chi connectivity index (χ1n) is 10.1. The summed E-state index contributed by atoms with van der Waals surface area (Å²) in [5, 5.41) is 5.78. The molecule has 2 aromatic rings. The Balaban J connectivity index is 1.72. The van der Waals surface area contributed by atoms with E-state index in [0.29, 0.717) is 11.4 Å². The van der Waals surface area contributed by atoms with E-state index < -0.39 is 6.04 Å². The van der Waals surface area contributed by atoms with E-state index in [-0.39, 0.29) is 36.7 Å². The molecule has 0 radical (unpaired) electrons. The maximum Gasteiger partial charge on any atom is 0.241 e. The van der Waals surface area contributed by atoms with Crippen LogP contribution in [0.3, 0.4) is 0 Å². The molecule has 0 spiro atoms. The van der Waals surface area contributed by atoms with Gasteiger partial charge in [-0.1, -0.05) is 30.3 Å². The molecule has 7 heteroatoms. The van der Waals surface area contributed by atoms with Crippen molar-refractivity contribution in [2.45, 2.75) is 39.3 Å². The smallest absolute Gasteiger partial charge is 0.241 e. The zero-order valence-electron chi connectivity index (χ0n) is 17.8. The van der Waals surface area contributed by atoms with Gasteiger partial charge in [0.1, 0.15) is 0 Å². The molecule has 1 aliphatic heterocycles. The molecule has 1 aliphatic rings. The third-order valence-electron chi connectivity index (χ3n) is 5.46. The maximum absolute atomic E-state index is 13.2. The molecule has 0 aliphatic carbocycles. The van der Waals surface area contributed by atoms with Crippen LogP contribution in [0.5, 0.6) is 0 Å². The van der Waals surface area contributed by atoms with Gasteiger partial charge in [-0.05, 0) is 51.6 Å². The number of likely N-dealkylation sites (N-methyl/N-ethyl adjacent to an activating group) is 1. The third-order valence-corrected chi connectivity index (χ3v) is 5.46. The standard InChI is InChI=1S/C23H28N4O3/c1-15-9-5-6-10-18(15)25-23(30)17(3)26(4)14-22(29)27-16(2)13-21(28)24-19-11-7-8-12-20(19)27/h5-12,16-17H,13-14H2,1-4H3,(H,24,28)(H,25,30)/t16-,17+/m1/s1. The summed E-state index contributed by atoms with van der Waals surface area (Å²) in [4.78, 5) is 41.4. The molecule has 2 atom stereocenters. The molecule has 0 aromatic heterocycles. The molecule has 0 saturated carbocycles.